The molecule has 0 saturated carbocycles. The molecule has 0 radical (unpaired) electrons. The summed E-state index contributed by atoms with van der Waals surface area (Å²) in [5.74, 6) is 1.06. The second-order valence-corrected chi connectivity index (χ2v) is 8.17. The molecule has 11 heteroatoms. The Hall–Kier alpha value is -1.05. The summed E-state index contributed by atoms with van der Waals surface area (Å²) in [7, 11) is 0. The molecule has 172 valence electrons. The van der Waals surface area contributed by atoms with Crippen LogP contribution in [0.3, 0.4) is 0 Å². The van der Waals surface area contributed by atoms with Crippen LogP contribution in [0.25, 0.3) is 0 Å². The molecule has 0 aromatic carbocycles. The summed E-state index contributed by atoms with van der Waals surface area (Å²) < 4.78 is 0. The molecule has 4 aliphatic heterocycles. The van der Waals surface area contributed by atoms with E-state index in [1.807, 2.05) is 0 Å². The van der Waals surface area contributed by atoms with E-state index in [1.165, 1.54) is 0 Å². The zero-order valence-electron chi connectivity index (χ0n) is 18.7. The molecule has 0 aromatic rings. The number of nitrogens with zero attached hydrogens (tertiary/aromatic N) is 7. The first-order valence-corrected chi connectivity index (χ1v) is 11.9. The first-order valence-electron chi connectivity index (χ1n) is 11.9. The maximum absolute atomic E-state index is 5.15. The predicted octanol–water partition coefficient (Wildman–Crippen LogP) is -2.75. The Bertz CT molecular complexity index is 443. The molecule has 4 saturated heterocycles. The van der Waals surface area contributed by atoms with Crippen molar-refractivity contribution in [3.8, 4) is 0 Å². The lowest BCUT2D eigenvalue weighted by molar-refractivity contribution is -0.194. The quantitative estimate of drug-likeness (QED) is 0.276. The molecule has 11 nitrogen and oxygen atoms in total. The smallest absolute Gasteiger partial charge is 0.257 e. The average molecular weight is 424 g/mol. The standard InChI is InChI=1S/C19H41N11/c1-2-24-19(29(25-11-3-20-4-12-25)26-13-5-21-6-14-26)30(27-15-7-22-8-16-27)28-17-9-23-10-18-28/h20-23H,2-18H2,1H3. The van der Waals surface area contributed by atoms with Crippen LogP contribution in [0.2, 0.25) is 0 Å². The van der Waals surface area contributed by atoms with Crippen molar-refractivity contribution in [2.24, 2.45) is 4.99 Å². The number of aliphatic imine (C=N–C) groups is 1. The van der Waals surface area contributed by atoms with E-state index in [-0.39, 0.29) is 0 Å². The molecule has 0 aliphatic carbocycles. The SMILES string of the molecule is CCN=C(N(N1CCNCC1)N1CCNCC1)N(N1CCNCC1)N1CCNCC1. The molecule has 4 fully saturated rings. The Balaban J connectivity index is 1.66. The number of piperazine rings is 4. The topological polar surface area (TPSA) is 79.9 Å². The largest absolute Gasteiger partial charge is 0.314 e. The van der Waals surface area contributed by atoms with E-state index in [1.54, 1.807) is 0 Å². The summed E-state index contributed by atoms with van der Waals surface area (Å²) in [6, 6.07) is 0. The van der Waals surface area contributed by atoms with Gasteiger partial charge in [-0.2, -0.15) is 10.2 Å². The van der Waals surface area contributed by atoms with Crippen LogP contribution in [0.4, 0.5) is 0 Å². The van der Waals surface area contributed by atoms with Crippen molar-refractivity contribution >= 4 is 5.96 Å². The minimum atomic E-state index is 0.776. The van der Waals surface area contributed by atoms with Crippen molar-refractivity contribution in [2.45, 2.75) is 6.92 Å². The third kappa shape index (κ3) is 5.40. The molecule has 4 N–H and O–H groups in total. The lowest BCUT2D eigenvalue weighted by atomic mass is 10.4. The fourth-order valence-electron chi connectivity index (χ4n) is 4.58. The molecule has 4 heterocycles. The van der Waals surface area contributed by atoms with E-state index in [2.05, 4.69) is 58.5 Å². The zero-order chi connectivity index (χ0) is 20.6. The van der Waals surface area contributed by atoms with Gasteiger partial charge in [0.15, 0.2) is 0 Å². The summed E-state index contributed by atoms with van der Waals surface area (Å²) >= 11 is 0. The van der Waals surface area contributed by atoms with Crippen LogP contribution in [0, 0.1) is 0 Å². The minimum absolute atomic E-state index is 0.776. The van der Waals surface area contributed by atoms with E-state index in [9.17, 15) is 0 Å². The van der Waals surface area contributed by atoms with Crippen LogP contribution in [0.1, 0.15) is 6.92 Å². The summed E-state index contributed by atoms with van der Waals surface area (Å²) in [5, 5.41) is 28.9. The summed E-state index contributed by atoms with van der Waals surface area (Å²) in [6.07, 6.45) is 0. The fourth-order valence-corrected chi connectivity index (χ4v) is 4.58. The molecular weight excluding hydrogens is 382 g/mol. The van der Waals surface area contributed by atoms with Gasteiger partial charge in [0.1, 0.15) is 0 Å². The van der Waals surface area contributed by atoms with Crippen molar-refractivity contribution in [1.82, 2.24) is 51.5 Å². The van der Waals surface area contributed by atoms with Crippen molar-refractivity contribution in [2.75, 3.05) is 111 Å². The van der Waals surface area contributed by atoms with E-state index >= 15 is 0 Å². The molecule has 4 aliphatic rings. The summed E-state index contributed by atoms with van der Waals surface area (Å²) in [5.41, 5.74) is 0. The molecule has 0 spiro atoms. The number of guanidine groups is 1. The first-order chi connectivity index (χ1) is 14.9. The van der Waals surface area contributed by atoms with Gasteiger partial charge in [0, 0.05) is 111 Å². The van der Waals surface area contributed by atoms with Crippen LogP contribution in [0.5, 0.6) is 0 Å². The highest BCUT2D eigenvalue weighted by atomic mass is 16.0. The van der Waals surface area contributed by atoms with Crippen molar-refractivity contribution < 1.29 is 0 Å². The zero-order valence-corrected chi connectivity index (χ0v) is 18.7. The number of rotatable bonds is 5. The molecular formula is C19H41N11. The lowest BCUT2D eigenvalue weighted by Crippen LogP contribution is -2.72. The van der Waals surface area contributed by atoms with E-state index in [0.29, 0.717) is 0 Å². The Kier molecular flexibility index (Phi) is 8.52. The molecule has 0 aromatic heterocycles. The van der Waals surface area contributed by atoms with Gasteiger partial charge in [-0.15, -0.1) is 0 Å². The number of nitrogens with one attached hydrogen (secondary N) is 4. The Morgan fingerprint density at radius 1 is 0.567 bits per heavy atom. The molecule has 4 rings (SSSR count). The van der Waals surface area contributed by atoms with Gasteiger partial charge in [0.25, 0.3) is 5.96 Å². The number of hydrogen-bond donors (Lipinski definition) is 4. The average Bonchev–Trinajstić information content (AvgIpc) is 2.82. The van der Waals surface area contributed by atoms with Crippen LogP contribution in [-0.4, -0.2) is 147 Å². The van der Waals surface area contributed by atoms with Crippen LogP contribution >= 0.6 is 0 Å². The molecule has 0 atom stereocenters. The van der Waals surface area contributed by atoms with Gasteiger partial charge < -0.3 is 21.3 Å². The van der Waals surface area contributed by atoms with Gasteiger partial charge in [-0.1, -0.05) is 0 Å². The molecule has 0 unspecified atom stereocenters. The molecule has 30 heavy (non-hydrogen) atoms. The maximum Gasteiger partial charge on any atom is 0.257 e. The van der Waals surface area contributed by atoms with E-state index < -0.39 is 0 Å². The van der Waals surface area contributed by atoms with Gasteiger partial charge >= 0.3 is 0 Å². The highest BCUT2D eigenvalue weighted by Crippen LogP contribution is 2.17. The van der Waals surface area contributed by atoms with Gasteiger partial charge in [-0.3, -0.25) is 0 Å². The van der Waals surface area contributed by atoms with Crippen molar-refractivity contribution in [3.05, 3.63) is 0 Å². The Labute approximate surface area is 181 Å². The van der Waals surface area contributed by atoms with Gasteiger partial charge in [-0.05, 0) is 6.92 Å². The Morgan fingerprint density at radius 2 is 0.833 bits per heavy atom. The van der Waals surface area contributed by atoms with Gasteiger partial charge in [-0.25, -0.2) is 25.0 Å². The fraction of sp³-hybridized carbons (Fsp3) is 0.947. The number of hydrogen-bond acceptors (Lipinski definition) is 9. The first kappa shape index (κ1) is 22.2. The highest BCUT2D eigenvalue weighted by Gasteiger charge is 2.37. The van der Waals surface area contributed by atoms with Gasteiger partial charge in [0.05, 0.1) is 0 Å². The van der Waals surface area contributed by atoms with Crippen LogP contribution < -0.4 is 21.3 Å². The minimum Gasteiger partial charge on any atom is -0.314 e. The van der Waals surface area contributed by atoms with E-state index in [0.717, 1.165) is 117 Å². The van der Waals surface area contributed by atoms with Crippen LogP contribution in [-0.2, 0) is 0 Å². The normalized spacial score (nSPS) is 25.8. The molecule has 0 bridgehead atoms. The third-order valence-corrected chi connectivity index (χ3v) is 6.10. The highest BCUT2D eigenvalue weighted by molar-refractivity contribution is 5.78. The number of hydrazine groups is 4. The second kappa shape index (κ2) is 11.5. The molecule has 0 amide bonds. The third-order valence-electron chi connectivity index (χ3n) is 6.10. The van der Waals surface area contributed by atoms with Crippen LogP contribution in [0.15, 0.2) is 4.99 Å². The lowest BCUT2D eigenvalue weighted by Gasteiger charge is -2.53. The summed E-state index contributed by atoms with van der Waals surface area (Å²) in [4.78, 5) is 5.15. The Morgan fingerprint density at radius 3 is 1.07 bits per heavy atom. The second-order valence-electron chi connectivity index (χ2n) is 8.17. The maximum atomic E-state index is 5.15. The summed E-state index contributed by atoms with van der Waals surface area (Å²) in [6.45, 7) is 19.1. The monoisotopic (exact) mass is 423 g/mol. The van der Waals surface area contributed by atoms with Crippen molar-refractivity contribution in [3.63, 3.8) is 0 Å². The van der Waals surface area contributed by atoms with E-state index in [4.69, 9.17) is 4.99 Å². The van der Waals surface area contributed by atoms with Crippen molar-refractivity contribution in [1.29, 1.82) is 0 Å². The van der Waals surface area contributed by atoms with Gasteiger partial charge in [0.2, 0.25) is 0 Å². The predicted molar refractivity (Wildman–Crippen MR) is 119 cm³/mol.